The molecule has 0 spiro atoms. The molecule has 1 aromatic carbocycles. The zero-order valence-corrected chi connectivity index (χ0v) is 16.7. The van der Waals surface area contributed by atoms with E-state index in [9.17, 15) is 25.6 Å². The van der Waals surface area contributed by atoms with Crippen molar-refractivity contribution < 1.29 is 39.3 Å². The van der Waals surface area contributed by atoms with Crippen LogP contribution in [-0.2, 0) is 48.9 Å². The molecule has 150 valence electrons. The molecule has 0 fully saturated rings. The number of methoxy groups -OCH3 is 2. The molecule has 0 heterocycles. The molecule has 1 rings (SSSR count). The van der Waals surface area contributed by atoms with Gasteiger partial charge in [0.25, 0.3) is 0 Å². The zero-order valence-electron chi connectivity index (χ0n) is 15.0. The summed E-state index contributed by atoms with van der Waals surface area (Å²) in [4.78, 5) is 0. The molecule has 0 aliphatic carbocycles. The highest BCUT2D eigenvalue weighted by Crippen LogP contribution is 2.36. The number of alkyl halides is 2. The first-order chi connectivity index (χ1) is 11.8. The maximum absolute atomic E-state index is 13.5. The van der Waals surface area contributed by atoms with Crippen molar-refractivity contribution >= 4 is 20.8 Å². The number of thiol groups is 1. The molecular weight excluding hydrogens is 394 g/mol. The molecule has 0 bridgehead atoms. The maximum Gasteiger partial charge on any atom is 0.479 e. The van der Waals surface area contributed by atoms with E-state index in [-0.39, 0.29) is 29.8 Å². The van der Waals surface area contributed by atoms with Gasteiger partial charge in [0.05, 0.1) is 13.2 Å². The Morgan fingerprint density at radius 3 is 1.73 bits per heavy atom. The van der Waals surface area contributed by atoms with E-state index in [1.807, 2.05) is 20.8 Å². The summed E-state index contributed by atoms with van der Waals surface area (Å²) in [5.41, 5.74) is 0.771. The van der Waals surface area contributed by atoms with Crippen LogP contribution in [0.1, 0.15) is 37.5 Å². The first kappa shape index (κ1) is 22.7. The second-order valence-electron chi connectivity index (χ2n) is 6.52. The summed E-state index contributed by atoms with van der Waals surface area (Å²) >= 11 is 0. The standard InChI is InChI=1S/C15H22F2O7S2/c1-14(2,3)12-6-10(8-22-4)13(11(7-12)9-23-5)24-26(20,21)15(16,17)25(18)19/h6-7,25H,8-9H2,1-5H3. The van der Waals surface area contributed by atoms with Gasteiger partial charge in [0.1, 0.15) is 0 Å². The van der Waals surface area contributed by atoms with Gasteiger partial charge in [0.2, 0.25) is 10.7 Å². The van der Waals surface area contributed by atoms with E-state index in [4.69, 9.17) is 9.47 Å². The Morgan fingerprint density at radius 2 is 1.42 bits per heavy atom. The fourth-order valence-electron chi connectivity index (χ4n) is 2.07. The van der Waals surface area contributed by atoms with Gasteiger partial charge in [-0.25, -0.2) is 8.42 Å². The summed E-state index contributed by atoms with van der Waals surface area (Å²) < 4.78 is 81.5. The lowest BCUT2D eigenvalue weighted by atomic mass is 9.85. The highest BCUT2D eigenvalue weighted by molar-refractivity contribution is 8.00. The Kier molecular flexibility index (Phi) is 7.13. The molecule has 0 aromatic heterocycles. The minimum atomic E-state index is -5.78. The van der Waals surface area contributed by atoms with Crippen LogP contribution in [0.5, 0.6) is 5.75 Å². The van der Waals surface area contributed by atoms with Crippen molar-refractivity contribution in [2.45, 2.75) is 44.0 Å². The number of halogens is 2. The van der Waals surface area contributed by atoms with Crippen LogP contribution in [0.25, 0.3) is 0 Å². The Balaban J connectivity index is 3.63. The van der Waals surface area contributed by atoms with Gasteiger partial charge in [-0.2, -0.15) is 17.2 Å². The van der Waals surface area contributed by atoms with E-state index < -0.39 is 31.2 Å². The molecule has 1 aromatic rings. The molecule has 0 unspecified atom stereocenters. The third-order valence-electron chi connectivity index (χ3n) is 3.41. The van der Waals surface area contributed by atoms with Gasteiger partial charge in [0.15, 0.2) is 5.75 Å². The molecule has 0 aliphatic rings. The molecule has 7 nitrogen and oxygen atoms in total. The lowest BCUT2D eigenvalue weighted by Crippen LogP contribution is -2.34. The lowest BCUT2D eigenvalue weighted by molar-refractivity contribution is 0.165. The third-order valence-corrected chi connectivity index (χ3v) is 5.95. The fraction of sp³-hybridized carbons (Fsp3) is 0.600. The number of ether oxygens (including phenoxy) is 2. The van der Waals surface area contributed by atoms with Crippen LogP contribution in [0.3, 0.4) is 0 Å². The van der Waals surface area contributed by atoms with Crippen molar-refractivity contribution in [3.8, 4) is 5.75 Å². The van der Waals surface area contributed by atoms with Gasteiger partial charge in [-0.05, 0) is 23.1 Å². The number of rotatable bonds is 8. The quantitative estimate of drug-likeness (QED) is 0.512. The summed E-state index contributed by atoms with van der Waals surface area (Å²) in [7, 11) is -7.71. The first-order valence-corrected chi connectivity index (χ1v) is 9.97. The van der Waals surface area contributed by atoms with E-state index in [0.717, 1.165) is 5.56 Å². The van der Waals surface area contributed by atoms with Gasteiger partial charge in [-0.1, -0.05) is 20.8 Å². The van der Waals surface area contributed by atoms with Gasteiger partial charge in [-0.15, -0.1) is 0 Å². The Bertz CT molecular complexity index is 790. The smallest absolute Gasteiger partial charge is 0.380 e. The molecule has 11 heteroatoms. The first-order valence-electron chi connectivity index (χ1n) is 7.38. The molecule has 0 saturated carbocycles. The lowest BCUT2D eigenvalue weighted by Gasteiger charge is -2.24. The maximum atomic E-state index is 13.5. The van der Waals surface area contributed by atoms with Crippen molar-refractivity contribution in [2.75, 3.05) is 14.2 Å². The largest absolute Gasteiger partial charge is 0.479 e. The average Bonchev–Trinajstić information content (AvgIpc) is 2.49. The van der Waals surface area contributed by atoms with E-state index in [1.165, 1.54) is 14.2 Å². The second kappa shape index (κ2) is 8.15. The normalized spacial score (nSPS) is 13.2. The predicted molar refractivity (Wildman–Crippen MR) is 91.4 cm³/mol. The van der Waals surface area contributed by atoms with Gasteiger partial charge >= 0.3 is 14.7 Å². The van der Waals surface area contributed by atoms with E-state index in [2.05, 4.69) is 4.18 Å². The molecular formula is C15H22F2O7S2. The molecule has 0 aliphatic heterocycles. The van der Waals surface area contributed by atoms with Crippen LogP contribution in [0.15, 0.2) is 12.1 Å². The van der Waals surface area contributed by atoms with E-state index in [0.29, 0.717) is 0 Å². The molecule has 0 atom stereocenters. The second-order valence-corrected chi connectivity index (χ2v) is 9.49. The monoisotopic (exact) mass is 416 g/mol. The number of benzene rings is 1. The summed E-state index contributed by atoms with van der Waals surface area (Å²) in [5.74, 6) is -0.432. The predicted octanol–water partition coefficient (Wildman–Crippen LogP) is 2.15. The fourth-order valence-corrected chi connectivity index (χ4v) is 3.45. The average molecular weight is 416 g/mol. The molecule has 0 N–H and O–H groups in total. The summed E-state index contributed by atoms with van der Waals surface area (Å²) in [6.07, 6.45) is 0. The third kappa shape index (κ3) is 4.90. The van der Waals surface area contributed by atoms with Crippen LogP contribution < -0.4 is 4.18 Å². The van der Waals surface area contributed by atoms with Crippen molar-refractivity contribution in [3.63, 3.8) is 0 Å². The Morgan fingerprint density at radius 1 is 1.00 bits per heavy atom. The highest BCUT2D eigenvalue weighted by Gasteiger charge is 2.52. The Labute approximate surface area is 153 Å². The van der Waals surface area contributed by atoms with Crippen LogP contribution >= 0.6 is 0 Å². The van der Waals surface area contributed by atoms with Gasteiger partial charge in [-0.3, -0.25) is 0 Å². The SMILES string of the molecule is COCc1cc(C(C)(C)C)cc(COC)c1OS(=O)(=O)C(F)(F)[SH](=O)=O. The minimum Gasteiger partial charge on any atom is -0.380 e. The van der Waals surface area contributed by atoms with Crippen LogP contribution in [0.2, 0.25) is 0 Å². The van der Waals surface area contributed by atoms with Crippen molar-refractivity contribution in [3.05, 3.63) is 28.8 Å². The van der Waals surface area contributed by atoms with Gasteiger partial charge in [0, 0.05) is 25.3 Å². The summed E-state index contributed by atoms with van der Waals surface area (Å²) in [6, 6.07) is 3.12. The van der Waals surface area contributed by atoms with Crippen molar-refractivity contribution in [2.24, 2.45) is 0 Å². The molecule has 26 heavy (non-hydrogen) atoms. The Hall–Kier alpha value is -1.30. The van der Waals surface area contributed by atoms with E-state index in [1.54, 1.807) is 12.1 Å². The number of hydrogen-bond donors (Lipinski definition) is 1. The van der Waals surface area contributed by atoms with Gasteiger partial charge < -0.3 is 13.7 Å². The van der Waals surface area contributed by atoms with Crippen molar-refractivity contribution in [1.82, 2.24) is 0 Å². The summed E-state index contributed by atoms with van der Waals surface area (Å²) in [5, 5.41) is 0. The molecule has 0 saturated heterocycles. The number of hydrogen-bond acceptors (Lipinski definition) is 7. The van der Waals surface area contributed by atoms with Crippen molar-refractivity contribution in [1.29, 1.82) is 0 Å². The summed E-state index contributed by atoms with van der Waals surface area (Å²) in [6.45, 7) is 5.44. The highest BCUT2D eigenvalue weighted by atomic mass is 32.3. The zero-order chi connectivity index (χ0) is 20.3. The van der Waals surface area contributed by atoms with Crippen LogP contribution in [0.4, 0.5) is 8.78 Å². The van der Waals surface area contributed by atoms with E-state index >= 15 is 0 Å². The minimum absolute atomic E-state index is 0.138. The molecule has 0 radical (unpaired) electrons. The van der Waals surface area contributed by atoms with Crippen LogP contribution in [0, 0.1) is 0 Å². The van der Waals surface area contributed by atoms with Crippen LogP contribution in [-0.4, -0.2) is 35.6 Å². The topological polar surface area (TPSA) is 96.0 Å². The molecule has 0 amide bonds.